The number of carbonyl (C=O) groups excluding carboxylic acids is 2. The van der Waals surface area contributed by atoms with Crippen LogP contribution >= 0.6 is 23.2 Å². The first-order valence-electron chi connectivity index (χ1n) is 12.5. The number of aromatic nitrogens is 2. The van der Waals surface area contributed by atoms with Gasteiger partial charge in [0.2, 0.25) is 11.9 Å². The lowest BCUT2D eigenvalue weighted by atomic mass is 9.90. The van der Waals surface area contributed by atoms with Crippen LogP contribution in [0.1, 0.15) is 52.0 Å². The molecular weight excluding hydrogens is 519 g/mol. The highest BCUT2D eigenvalue weighted by Crippen LogP contribution is 2.48. The van der Waals surface area contributed by atoms with Crippen molar-refractivity contribution in [2.75, 3.05) is 35.4 Å². The molecule has 1 fully saturated rings. The van der Waals surface area contributed by atoms with Gasteiger partial charge in [-0.3, -0.25) is 14.6 Å². The number of hydrogen-bond donors (Lipinski definition) is 2. The third-order valence-corrected chi connectivity index (χ3v) is 7.19. The van der Waals surface area contributed by atoms with Crippen LogP contribution in [0.4, 0.5) is 22.2 Å². The minimum Gasteiger partial charge on any atom is -0.492 e. The van der Waals surface area contributed by atoms with Crippen molar-refractivity contribution in [3.8, 4) is 11.5 Å². The lowest BCUT2D eigenvalue weighted by molar-refractivity contribution is -0.119. The fourth-order valence-electron chi connectivity index (χ4n) is 4.79. The minimum absolute atomic E-state index is 0.00201. The molecule has 0 spiro atoms. The van der Waals surface area contributed by atoms with Crippen LogP contribution in [-0.2, 0) is 11.3 Å². The Bertz CT molecular complexity index is 1150. The van der Waals surface area contributed by atoms with Gasteiger partial charge in [-0.25, -0.2) is 9.78 Å². The topological polar surface area (TPSA) is 109 Å². The summed E-state index contributed by atoms with van der Waals surface area (Å²) in [6.45, 7) is 6.14. The Morgan fingerprint density at radius 1 is 1.11 bits per heavy atom. The van der Waals surface area contributed by atoms with E-state index in [1.165, 1.54) is 16.7 Å². The number of benzene rings is 1. The smallest absolute Gasteiger partial charge is 0.330 e. The zero-order valence-corrected chi connectivity index (χ0v) is 22.9. The number of carbonyl (C=O) groups is 2. The molecule has 1 aliphatic carbocycles. The first-order valence-corrected chi connectivity index (χ1v) is 13.2. The highest BCUT2D eigenvalue weighted by atomic mass is 35.5. The van der Waals surface area contributed by atoms with Crippen LogP contribution in [0.25, 0.3) is 0 Å². The highest BCUT2D eigenvalue weighted by Gasteiger charge is 2.35. The number of anilines is 3. The number of nitrogens with zero attached hydrogens (tertiary/aromatic N) is 4. The molecule has 2 N–H and O–H groups in total. The zero-order valence-electron chi connectivity index (χ0n) is 21.4. The maximum Gasteiger partial charge on any atom is 0.330 e. The standard InChI is InChI=1S/C25H32Cl2N6O4/c1-5-36-18-11-19(37-6-2)21(27)22(20(18)26)33-13-15-12-28-24(31-23(15)32(4)25(33)35)30-17-10-8-7-9-16(17)29-14(3)34/h11-12,16-17H,5-10,13H2,1-4H3,(H,29,34)(H,28,30,31)/t16-,17+/m0/s1. The van der Waals surface area contributed by atoms with Crippen molar-refractivity contribution in [1.82, 2.24) is 15.3 Å². The average Bonchev–Trinajstić information content (AvgIpc) is 2.86. The second-order valence-electron chi connectivity index (χ2n) is 9.03. The van der Waals surface area contributed by atoms with Crippen LogP contribution in [-0.4, -0.2) is 54.3 Å². The molecule has 1 aromatic carbocycles. The van der Waals surface area contributed by atoms with E-state index >= 15 is 0 Å². The molecule has 2 atom stereocenters. The number of ether oxygens (including phenoxy) is 2. The molecule has 2 aliphatic rings. The van der Waals surface area contributed by atoms with Crippen molar-refractivity contribution >= 4 is 52.6 Å². The quantitative estimate of drug-likeness (QED) is 0.475. The highest BCUT2D eigenvalue weighted by molar-refractivity contribution is 6.42. The number of urea groups is 1. The van der Waals surface area contributed by atoms with Crippen LogP contribution in [0.2, 0.25) is 10.0 Å². The van der Waals surface area contributed by atoms with E-state index < -0.39 is 0 Å². The van der Waals surface area contributed by atoms with Crippen LogP contribution < -0.4 is 29.9 Å². The summed E-state index contributed by atoms with van der Waals surface area (Å²) in [5.74, 6) is 1.59. The second kappa shape index (κ2) is 11.6. The van der Waals surface area contributed by atoms with Gasteiger partial charge >= 0.3 is 6.03 Å². The van der Waals surface area contributed by atoms with Crippen molar-refractivity contribution in [2.24, 2.45) is 0 Å². The summed E-state index contributed by atoms with van der Waals surface area (Å²) < 4.78 is 11.4. The van der Waals surface area contributed by atoms with E-state index in [4.69, 9.17) is 32.7 Å². The van der Waals surface area contributed by atoms with Gasteiger partial charge in [-0.2, -0.15) is 4.98 Å². The summed E-state index contributed by atoms with van der Waals surface area (Å²) in [5.41, 5.74) is 1.03. The van der Waals surface area contributed by atoms with Gasteiger partial charge in [0.25, 0.3) is 0 Å². The van der Waals surface area contributed by atoms with Gasteiger partial charge < -0.3 is 20.1 Å². The van der Waals surface area contributed by atoms with E-state index in [9.17, 15) is 9.59 Å². The molecule has 200 valence electrons. The Labute approximate surface area is 226 Å². The molecule has 4 rings (SSSR count). The third kappa shape index (κ3) is 5.65. The van der Waals surface area contributed by atoms with Gasteiger partial charge in [-0.15, -0.1) is 0 Å². The number of rotatable bonds is 8. The molecule has 2 heterocycles. The van der Waals surface area contributed by atoms with Gasteiger partial charge in [0.05, 0.1) is 25.4 Å². The maximum absolute atomic E-state index is 13.5. The molecule has 0 saturated heterocycles. The van der Waals surface area contributed by atoms with Crippen molar-refractivity contribution in [3.05, 3.63) is 27.9 Å². The van der Waals surface area contributed by atoms with Gasteiger partial charge in [-0.05, 0) is 26.7 Å². The molecule has 2 aromatic rings. The second-order valence-corrected chi connectivity index (χ2v) is 9.78. The molecule has 1 aliphatic heterocycles. The molecule has 0 bridgehead atoms. The van der Waals surface area contributed by atoms with E-state index in [2.05, 4.69) is 20.6 Å². The van der Waals surface area contributed by atoms with Gasteiger partial charge in [0, 0.05) is 43.9 Å². The van der Waals surface area contributed by atoms with E-state index in [1.54, 1.807) is 19.3 Å². The average molecular weight is 551 g/mol. The lowest BCUT2D eigenvalue weighted by Gasteiger charge is -2.36. The molecule has 1 aromatic heterocycles. The number of fused-ring (bicyclic) bond motifs is 1. The van der Waals surface area contributed by atoms with Crippen molar-refractivity contribution in [1.29, 1.82) is 0 Å². The fourth-order valence-corrected chi connectivity index (χ4v) is 5.45. The summed E-state index contributed by atoms with van der Waals surface area (Å²) in [4.78, 5) is 37.2. The zero-order chi connectivity index (χ0) is 26.7. The molecule has 3 amide bonds. The summed E-state index contributed by atoms with van der Waals surface area (Å²) in [6.07, 6.45) is 5.58. The summed E-state index contributed by atoms with van der Waals surface area (Å²) in [6, 6.07) is 1.29. The van der Waals surface area contributed by atoms with Gasteiger partial charge in [0.1, 0.15) is 27.4 Å². The minimum atomic E-state index is -0.356. The Balaban J connectivity index is 1.64. The number of halogens is 2. The van der Waals surface area contributed by atoms with Crippen molar-refractivity contribution < 1.29 is 19.1 Å². The Kier molecular flexibility index (Phi) is 8.49. The molecule has 0 unspecified atom stereocenters. The predicted molar refractivity (Wildman–Crippen MR) is 144 cm³/mol. The van der Waals surface area contributed by atoms with Crippen molar-refractivity contribution in [2.45, 2.75) is 65.1 Å². The summed E-state index contributed by atoms with van der Waals surface area (Å²) in [7, 11) is 1.64. The van der Waals surface area contributed by atoms with Gasteiger partial charge in [0.15, 0.2) is 0 Å². The van der Waals surface area contributed by atoms with Crippen LogP contribution in [0.5, 0.6) is 11.5 Å². The fraction of sp³-hybridized carbons (Fsp3) is 0.520. The van der Waals surface area contributed by atoms with E-state index in [1.807, 2.05) is 13.8 Å². The molecule has 10 nitrogen and oxygen atoms in total. The Morgan fingerprint density at radius 3 is 2.32 bits per heavy atom. The van der Waals surface area contributed by atoms with E-state index in [0.29, 0.717) is 42.2 Å². The third-order valence-electron chi connectivity index (χ3n) is 6.46. The first kappa shape index (κ1) is 27.1. The van der Waals surface area contributed by atoms with Crippen molar-refractivity contribution in [3.63, 3.8) is 0 Å². The van der Waals surface area contributed by atoms with E-state index in [0.717, 1.165) is 31.2 Å². The molecule has 12 heteroatoms. The van der Waals surface area contributed by atoms with Crippen LogP contribution in [0, 0.1) is 0 Å². The van der Waals surface area contributed by atoms with Gasteiger partial charge in [-0.1, -0.05) is 36.0 Å². The summed E-state index contributed by atoms with van der Waals surface area (Å²) in [5, 5.41) is 6.83. The lowest BCUT2D eigenvalue weighted by Crippen LogP contribution is -2.48. The number of hydrogen-bond acceptors (Lipinski definition) is 7. The molecular formula is C25H32Cl2N6O4. The normalized spacial score (nSPS) is 19.4. The molecule has 37 heavy (non-hydrogen) atoms. The summed E-state index contributed by atoms with van der Waals surface area (Å²) >= 11 is 13.3. The molecule has 0 radical (unpaired) electrons. The number of amides is 3. The Morgan fingerprint density at radius 2 is 1.73 bits per heavy atom. The Hall–Kier alpha value is -2.98. The van der Waals surface area contributed by atoms with Crippen LogP contribution in [0.3, 0.4) is 0 Å². The SMILES string of the molecule is CCOc1cc(OCC)c(Cl)c(N2Cc3cnc(N[C@@H]4CCCC[C@@H]4NC(C)=O)nc3N(C)C2=O)c1Cl. The number of nitrogens with one attached hydrogen (secondary N) is 2. The maximum atomic E-state index is 13.5. The van der Waals surface area contributed by atoms with Crippen LogP contribution in [0.15, 0.2) is 12.3 Å². The molecule has 1 saturated carbocycles. The monoisotopic (exact) mass is 550 g/mol. The predicted octanol–water partition coefficient (Wildman–Crippen LogP) is 5.02. The first-order chi connectivity index (χ1) is 17.7. The van der Waals surface area contributed by atoms with E-state index in [-0.39, 0.29) is 40.6 Å². The largest absolute Gasteiger partial charge is 0.492 e.